The molecule has 2 N–H and O–H groups in total. The molecule has 1 fully saturated rings. The molecule has 1 unspecified atom stereocenters. The molecule has 1 saturated carbocycles. The standard InChI is InChI=1S/C16H29NO3/c1-16(2,3)20-15(19)17-14(18)12-8-7-11-13-9-5-4-6-10-13/h8,12-14,18H,4-7,9-11H2,1-3H3,(H,17,19)/b12-8-. The summed E-state index contributed by atoms with van der Waals surface area (Å²) in [5, 5.41) is 12.0. The maximum Gasteiger partial charge on any atom is 0.409 e. The second-order valence-corrected chi connectivity index (χ2v) is 6.60. The molecule has 1 amide bonds. The molecule has 0 aromatic heterocycles. The van der Waals surface area contributed by atoms with Gasteiger partial charge in [-0.15, -0.1) is 0 Å². The Hall–Kier alpha value is -1.03. The molecule has 1 aliphatic carbocycles. The van der Waals surface area contributed by atoms with Gasteiger partial charge in [0.15, 0.2) is 0 Å². The van der Waals surface area contributed by atoms with Crippen LogP contribution in [0.3, 0.4) is 0 Å². The second-order valence-electron chi connectivity index (χ2n) is 6.60. The van der Waals surface area contributed by atoms with E-state index in [4.69, 9.17) is 4.74 Å². The molecule has 0 heterocycles. The summed E-state index contributed by atoms with van der Waals surface area (Å²) in [5.74, 6) is 0.837. The fourth-order valence-corrected chi connectivity index (χ4v) is 2.51. The van der Waals surface area contributed by atoms with Gasteiger partial charge in [-0.05, 0) is 45.6 Å². The number of aliphatic hydroxyl groups excluding tert-OH is 1. The highest BCUT2D eigenvalue weighted by Gasteiger charge is 2.17. The lowest BCUT2D eigenvalue weighted by Crippen LogP contribution is -2.38. The molecule has 20 heavy (non-hydrogen) atoms. The summed E-state index contributed by atoms with van der Waals surface area (Å²) in [6.45, 7) is 5.37. The largest absolute Gasteiger partial charge is 0.444 e. The first-order valence-electron chi connectivity index (χ1n) is 7.71. The summed E-state index contributed by atoms with van der Waals surface area (Å²) in [4.78, 5) is 11.4. The molecule has 116 valence electrons. The highest BCUT2D eigenvalue weighted by Crippen LogP contribution is 2.27. The Morgan fingerprint density at radius 1 is 1.35 bits per heavy atom. The monoisotopic (exact) mass is 283 g/mol. The number of rotatable bonds is 5. The van der Waals surface area contributed by atoms with Crippen LogP contribution in [0.15, 0.2) is 12.2 Å². The van der Waals surface area contributed by atoms with Crippen LogP contribution in [0, 0.1) is 5.92 Å². The molecule has 0 aliphatic heterocycles. The van der Waals surface area contributed by atoms with Gasteiger partial charge in [0.2, 0.25) is 0 Å². The average Bonchev–Trinajstić information content (AvgIpc) is 2.33. The van der Waals surface area contributed by atoms with E-state index >= 15 is 0 Å². The van der Waals surface area contributed by atoms with Crippen LogP contribution in [-0.4, -0.2) is 23.0 Å². The number of hydrogen-bond acceptors (Lipinski definition) is 3. The highest BCUT2D eigenvalue weighted by molar-refractivity contribution is 5.68. The van der Waals surface area contributed by atoms with Gasteiger partial charge in [0.1, 0.15) is 11.8 Å². The Morgan fingerprint density at radius 3 is 2.60 bits per heavy atom. The number of carbonyl (C=O) groups excluding carboxylic acids is 1. The van der Waals surface area contributed by atoms with E-state index < -0.39 is 17.9 Å². The van der Waals surface area contributed by atoms with Crippen LogP contribution in [0.5, 0.6) is 0 Å². The zero-order chi connectivity index (χ0) is 15.0. The van der Waals surface area contributed by atoms with E-state index in [1.54, 1.807) is 26.8 Å². The minimum Gasteiger partial charge on any atom is -0.444 e. The number of hydrogen-bond donors (Lipinski definition) is 2. The van der Waals surface area contributed by atoms with Crippen molar-refractivity contribution in [1.29, 1.82) is 0 Å². The Labute approximate surface area is 122 Å². The molecule has 1 aliphatic rings. The van der Waals surface area contributed by atoms with Gasteiger partial charge in [-0.2, -0.15) is 0 Å². The van der Waals surface area contributed by atoms with Crippen molar-refractivity contribution in [3.63, 3.8) is 0 Å². The van der Waals surface area contributed by atoms with Gasteiger partial charge in [0.25, 0.3) is 0 Å². The Kier molecular flexibility index (Phi) is 7.06. The number of alkyl carbamates (subject to hydrolysis) is 1. The van der Waals surface area contributed by atoms with Crippen molar-refractivity contribution < 1.29 is 14.6 Å². The van der Waals surface area contributed by atoms with E-state index in [0.29, 0.717) is 0 Å². The van der Waals surface area contributed by atoms with Crippen LogP contribution in [0.2, 0.25) is 0 Å². The Balaban J connectivity index is 2.15. The first-order valence-corrected chi connectivity index (χ1v) is 7.71. The highest BCUT2D eigenvalue weighted by atomic mass is 16.6. The van der Waals surface area contributed by atoms with Crippen LogP contribution < -0.4 is 5.32 Å². The molecular weight excluding hydrogens is 254 g/mol. The topological polar surface area (TPSA) is 58.6 Å². The van der Waals surface area contributed by atoms with Gasteiger partial charge in [0.05, 0.1) is 0 Å². The van der Waals surface area contributed by atoms with Gasteiger partial charge in [-0.1, -0.05) is 38.2 Å². The third-order valence-electron chi connectivity index (χ3n) is 3.45. The molecule has 0 saturated heterocycles. The zero-order valence-electron chi connectivity index (χ0n) is 13.0. The van der Waals surface area contributed by atoms with Gasteiger partial charge in [0, 0.05) is 0 Å². The Morgan fingerprint density at radius 2 is 2.00 bits per heavy atom. The number of nitrogens with one attached hydrogen (secondary N) is 1. The predicted molar refractivity (Wildman–Crippen MR) is 80.3 cm³/mol. The molecule has 1 atom stereocenters. The maximum absolute atomic E-state index is 11.4. The molecule has 0 aromatic carbocycles. The van der Waals surface area contributed by atoms with E-state index in [9.17, 15) is 9.90 Å². The molecule has 1 rings (SSSR count). The molecule has 0 spiro atoms. The first-order chi connectivity index (χ1) is 9.37. The fourth-order valence-electron chi connectivity index (χ4n) is 2.51. The van der Waals surface area contributed by atoms with Crippen molar-refractivity contribution in [2.45, 2.75) is 77.5 Å². The third-order valence-corrected chi connectivity index (χ3v) is 3.45. The lowest BCUT2D eigenvalue weighted by atomic mass is 9.86. The van der Waals surface area contributed by atoms with Crippen LogP contribution in [0.1, 0.15) is 65.7 Å². The maximum atomic E-state index is 11.4. The molecule has 4 nitrogen and oxygen atoms in total. The van der Waals surface area contributed by atoms with Crippen molar-refractivity contribution >= 4 is 6.09 Å². The lowest BCUT2D eigenvalue weighted by Gasteiger charge is -2.21. The summed E-state index contributed by atoms with van der Waals surface area (Å²) >= 11 is 0. The van der Waals surface area contributed by atoms with Gasteiger partial charge < -0.3 is 9.84 Å². The molecule has 0 bridgehead atoms. The van der Waals surface area contributed by atoms with E-state index in [0.717, 1.165) is 12.3 Å². The Bertz CT molecular complexity index is 314. The van der Waals surface area contributed by atoms with Crippen LogP contribution >= 0.6 is 0 Å². The zero-order valence-corrected chi connectivity index (χ0v) is 13.0. The minimum atomic E-state index is -0.976. The number of allylic oxidation sites excluding steroid dienone is 1. The minimum absolute atomic E-state index is 0.547. The summed E-state index contributed by atoms with van der Waals surface area (Å²) in [7, 11) is 0. The third kappa shape index (κ3) is 8.20. The molecular formula is C16H29NO3. The van der Waals surface area contributed by atoms with Crippen LogP contribution in [0.4, 0.5) is 4.79 Å². The van der Waals surface area contributed by atoms with Gasteiger partial charge >= 0.3 is 6.09 Å². The SMILES string of the molecule is CC(C)(C)OC(=O)NC(O)/C=C\CCC1CCCCC1. The average molecular weight is 283 g/mol. The normalized spacial score (nSPS) is 19.0. The van der Waals surface area contributed by atoms with Crippen LogP contribution in [0.25, 0.3) is 0 Å². The first kappa shape index (κ1) is 17.0. The smallest absolute Gasteiger partial charge is 0.409 e. The lowest BCUT2D eigenvalue weighted by molar-refractivity contribution is 0.0417. The van der Waals surface area contributed by atoms with E-state index in [-0.39, 0.29) is 0 Å². The van der Waals surface area contributed by atoms with Crippen molar-refractivity contribution in [1.82, 2.24) is 5.32 Å². The fraction of sp³-hybridized carbons (Fsp3) is 0.812. The molecule has 0 aromatic rings. The predicted octanol–water partition coefficient (Wildman–Crippen LogP) is 3.75. The van der Waals surface area contributed by atoms with Gasteiger partial charge in [-0.3, -0.25) is 5.32 Å². The molecule has 4 heteroatoms. The van der Waals surface area contributed by atoms with E-state index in [1.807, 2.05) is 6.08 Å². The summed E-state index contributed by atoms with van der Waals surface area (Å²) in [6.07, 6.45) is 10.9. The molecule has 0 radical (unpaired) electrons. The number of carbonyl (C=O) groups is 1. The van der Waals surface area contributed by atoms with Crippen LogP contribution in [-0.2, 0) is 4.74 Å². The summed E-state index contributed by atoms with van der Waals surface area (Å²) in [6, 6.07) is 0. The van der Waals surface area contributed by atoms with Crippen molar-refractivity contribution in [3.8, 4) is 0 Å². The van der Waals surface area contributed by atoms with Crippen molar-refractivity contribution in [3.05, 3.63) is 12.2 Å². The van der Waals surface area contributed by atoms with E-state index in [2.05, 4.69) is 5.32 Å². The summed E-state index contributed by atoms with van der Waals surface area (Å²) < 4.78 is 5.07. The van der Waals surface area contributed by atoms with Crippen molar-refractivity contribution in [2.75, 3.05) is 0 Å². The second kappa shape index (κ2) is 8.30. The number of aliphatic hydroxyl groups is 1. The van der Waals surface area contributed by atoms with Crippen molar-refractivity contribution in [2.24, 2.45) is 5.92 Å². The number of ether oxygens (including phenoxy) is 1. The van der Waals surface area contributed by atoms with E-state index in [1.165, 1.54) is 38.5 Å². The summed E-state index contributed by atoms with van der Waals surface area (Å²) in [5.41, 5.74) is -0.547. The quantitative estimate of drug-likeness (QED) is 0.597. The van der Waals surface area contributed by atoms with Gasteiger partial charge in [-0.25, -0.2) is 4.79 Å². The number of amides is 1.